The number of aryl methyl sites for hydroxylation is 2. The first-order valence-electron chi connectivity index (χ1n) is 19.8. The number of likely N-dealkylation sites (N-methyl/N-ethyl adjacent to an activating group) is 3. The molecule has 3 aromatic rings. The Morgan fingerprint density at radius 3 is 1.51 bits per heavy atom. The van der Waals surface area contributed by atoms with Gasteiger partial charge >= 0.3 is 11.9 Å². The van der Waals surface area contributed by atoms with Crippen molar-refractivity contribution in [3.8, 4) is 5.75 Å². The molecule has 0 bridgehead atoms. The van der Waals surface area contributed by atoms with E-state index >= 15 is 0 Å². The molecule has 57 heavy (non-hydrogen) atoms. The molecule has 0 radical (unpaired) electrons. The van der Waals surface area contributed by atoms with Gasteiger partial charge in [-0.15, -0.1) is 0 Å². The van der Waals surface area contributed by atoms with Crippen LogP contribution in [-0.4, -0.2) is 109 Å². The van der Waals surface area contributed by atoms with Crippen LogP contribution >= 0.6 is 0 Å². The summed E-state index contributed by atoms with van der Waals surface area (Å²) in [5, 5.41) is 9.95. The number of phenols is 1. The van der Waals surface area contributed by atoms with Crippen LogP contribution in [0.4, 0.5) is 0 Å². The van der Waals surface area contributed by atoms with Crippen LogP contribution in [0.25, 0.3) is 0 Å². The largest absolute Gasteiger partial charge is 0.508 e. The summed E-state index contributed by atoms with van der Waals surface area (Å²) >= 11 is 0. The fourth-order valence-corrected chi connectivity index (χ4v) is 6.79. The summed E-state index contributed by atoms with van der Waals surface area (Å²) in [5.74, 6) is -3.85. The molecular formula is C46H63N3O8. The molecule has 1 N–H and O–H groups in total. The van der Waals surface area contributed by atoms with Crippen molar-refractivity contribution in [2.24, 2.45) is 17.8 Å². The molecule has 3 aromatic carbocycles. The van der Waals surface area contributed by atoms with Gasteiger partial charge in [0.25, 0.3) is 0 Å². The lowest BCUT2D eigenvalue weighted by atomic mass is 9.85. The van der Waals surface area contributed by atoms with Crippen LogP contribution in [-0.2, 0) is 52.7 Å². The summed E-state index contributed by atoms with van der Waals surface area (Å²) in [5.41, 5.74) is 4.63. The normalized spacial score (nSPS) is 14.5. The third-order valence-electron chi connectivity index (χ3n) is 11.0. The maximum absolute atomic E-state index is 14.6. The first-order valence-corrected chi connectivity index (χ1v) is 19.8. The Labute approximate surface area is 339 Å². The number of methoxy groups -OCH3 is 1. The minimum Gasteiger partial charge on any atom is -0.508 e. The molecule has 11 heteroatoms. The Morgan fingerprint density at radius 2 is 1.07 bits per heavy atom. The van der Waals surface area contributed by atoms with E-state index in [-0.39, 0.29) is 42.6 Å². The van der Waals surface area contributed by atoms with Gasteiger partial charge in [0.15, 0.2) is 11.9 Å². The number of ketones is 1. The van der Waals surface area contributed by atoms with E-state index < -0.39 is 53.9 Å². The fourth-order valence-electron chi connectivity index (χ4n) is 6.79. The van der Waals surface area contributed by atoms with Crippen molar-refractivity contribution in [3.05, 3.63) is 101 Å². The van der Waals surface area contributed by atoms with Gasteiger partial charge in [0.05, 0.1) is 7.11 Å². The van der Waals surface area contributed by atoms with Gasteiger partial charge in [0, 0.05) is 45.2 Å². The maximum Gasteiger partial charge on any atom is 0.328 e. The van der Waals surface area contributed by atoms with Gasteiger partial charge in [-0.1, -0.05) is 99.5 Å². The van der Waals surface area contributed by atoms with Crippen molar-refractivity contribution < 1.29 is 38.6 Å². The average molecular weight is 786 g/mol. The summed E-state index contributed by atoms with van der Waals surface area (Å²) in [6, 6.07) is 19.2. The molecular weight excluding hydrogens is 723 g/mol. The zero-order chi connectivity index (χ0) is 42.6. The van der Waals surface area contributed by atoms with Crippen molar-refractivity contribution in [3.63, 3.8) is 0 Å². The first-order chi connectivity index (χ1) is 26.9. The highest BCUT2D eigenvalue weighted by atomic mass is 16.5. The maximum atomic E-state index is 14.6. The highest BCUT2D eigenvalue weighted by Crippen LogP contribution is 2.26. The second kappa shape index (κ2) is 21.5. The lowest BCUT2D eigenvalue weighted by Gasteiger charge is -2.36. The van der Waals surface area contributed by atoms with Crippen molar-refractivity contribution in [1.82, 2.24) is 14.7 Å². The Morgan fingerprint density at radius 1 is 0.632 bits per heavy atom. The monoisotopic (exact) mass is 785 g/mol. The van der Waals surface area contributed by atoms with Crippen LogP contribution in [0.3, 0.4) is 0 Å². The van der Waals surface area contributed by atoms with Crippen molar-refractivity contribution in [1.29, 1.82) is 0 Å². The molecule has 0 heterocycles. The Balaban J connectivity index is 1.93. The lowest BCUT2D eigenvalue weighted by Crippen LogP contribution is -2.55. The summed E-state index contributed by atoms with van der Waals surface area (Å²) in [6.45, 7) is 11.4. The summed E-state index contributed by atoms with van der Waals surface area (Å²) in [4.78, 5) is 74.7. The first kappa shape index (κ1) is 46.4. The second-order valence-electron chi connectivity index (χ2n) is 15.9. The van der Waals surface area contributed by atoms with Crippen LogP contribution in [0.15, 0.2) is 72.8 Å². The van der Waals surface area contributed by atoms with Gasteiger partial charge in [0.2, 0.25) is 11.8 Å². The second-order valence-corrected chi connectivity index (χ2v) is 15.9. The molecule has 0 saturated carbocycles. The Bertz CT molecular complexity index is 1790. The number of nitrogens with zero attached hydrogens (tertiary/aromatic N) is 3. The van der Waals surface area contributed by atoms with E-state index in [0.29, 0.717) is 18.4 Å². The molecule has 6 atom stereocenters. The van der Waals surface area contributed by atoms with Gasteiger partial charge in [-0.25, -0.2) is 4.79 Å². The number of Topliss-reactive ketones (excluding diaryl/α,β-unsaturated/α-hetero) is 1. The summed E-state index contributed by atoms with van der Waals surface area (Å²) < 4.78 is 11.2. The molecule has 0 unspecified atom stereocenters. The number of rotatable bonds is 20. The molecule has 3 rings (SSSR count). The Hall–Kier alpha value is -5.03. The van der Waals surface area contributed by atoms with Gasteiger partial charge in [-0.05, 0) is 75.5 Å². The highest BCUT2D eigenvalue weighted by Gasteiger charge is 2.40. The number of hydrogen-bond acceptors (Lipinski definition) is 9. The van der Waals surface area contributed by atoms with E-state index in [9.17, 15) is 29.1 Å². The number of carbonyl (C=O) groups excluding carboxylic acids is 5. The molecule has 0 aromatic heterocycles. The topological polar surface area (TPSA) is 134 Å². The number of ether oxygens (including phenoxy) is 2. The number of hydrogen-bond donors (Lipinski definition) is 1. The fraction of sp³-hybridized carbons (Fsp3) is 0.500. The number of aromatic hydroxyl groups is 1. The minimum atomic E-state index is -1.08. The molecule has 0 aliphatic carbocycles. The quantitative estimate of drug-likeness (QED) is 0.137. The number of phenolic OH excluding ortho intramolecular Hbond substituents is 1. The third-order valence-corrected chi connectivity index (χ3v) is 11.0. The number of benzene rings is 3. The third kappa shape index (κ3) is 13.0. The summed E-state index contributed by atoms with van der Waals surface area (Å²) in [6.07, 6.45) is -0.0562. The SMILES string of the molecule is CC[C@@H](C)[C@H](OC(=O)[C@@H](Cc1ccc(C)cc1)N(C)C)C(=O)C[C@H](C(=O)N(C)[C@@H](Cc1ccc(O)cc1)C(=O)N(C)[C@@H](Cc1ccc(C)cc1)C(=O)OC)C(C)C. The zero-order valence-corrected chi connectivity index (χ0v) is 35.7. The smallest absolute Gasteiger partial charge is 0.328 e. The van der Waals surface area contributed by atoms with Crippen molar-refractivity contribution >= 4 is 29.5 Å². The van der Waals surface area contributed by atoms with E-state index in [1.54, 1.807) is 31.1 Å². The van der Waals surface area contributed by atoms with Crippen molar-refractivity contribution in [2.45, 2.75) is 97.9 Å². The molecule has 0 saturated heterocycles. The van der Waals surface area contributed by atoms with Gasteiger partial charge in [-0.2, -0.15) is 0 Å². The zero-order valence-electron chi connectivity index (χ0n) is 35.7. The summed E-state index contributed by atoms with van der Waals surface area (Å²) in [7, 11) is 7.92. The standard InChI is InChI=1S/C46H63N3O8/c1-12-32(6)42(57-46(55)39(47(7)8)26-33-17-13-30(4)14-18-33)41(51)28-37(29(2)3)43(52)48(9)38(25-35-21-23-36(50)24-22-35)44(53)49(10)40(45(54)56-11)27-34-19-15-31(5)16-20-34/h13-24,29,32,37-40,42,50H,12,25-28H2,1-11H3/t32-,37+,38+,39-,40+,42+/m1/s1. The molecule has 0 aliphatic heterocycles. The minimum absolute atomic E-state index is 0.0500. The molecule has 2 amide bonds. The molecule has 0 aliphatic rings. The molecule has 310 valence electrons. The number of amides is 2. The number of esters is 2. The number of carbonyl (C=O) groups is 5. The van der Waals surface area contributed by atoms with E-state index in [0.717, 1.165) is 22.3 Å². The Kier molecular flexibility index (Phi) is 17.5. The van der Waals surface area contributed by atoms with Gasteiger partial charge in [0.1, 0.15) is 23.9 Å². The van der Waals surface area contributed by atoms with Crippen LogP contribution in [0.2, 0.25) is 0 Å². The molecule has 0 fully saturated rings. The van der Waals surface area contributed by atoms with Gasteiger partial charge < -0.3 is 24.4 Å². The predicted molar refractivity (Wildman–Crippen MR) is 221 cm³/mol. The van der Waals surface area contributed by atoms with Crippen LogP contribution in [0, 0.1) is 31.6 Å². The van der Waals surface area contributed by atoms with E-state index in [4.69, 9.17) is 9.47 Å². The van der Waals surface area contributed by atoms with Crippen LogP contribution < -0.4 is 0 Å². The average Bonchev–Trinajstić information content (AvgIpc) is 3.19. The van der Waals surface area contributed by atoms with E-state index in [1.165, 1.54) is 43.1 Å². The van der Waals surface area contributed by atoms with Crippen LogP contribution in [0.5, 0.6) is 5.75 Å². The lowest BCUT2D eigenvalue weighted by molar-refractivity contribution is -0.163. The van der Waals surface area contributed by atoms with Crippen LogP contribution in [0.1, 0.15) is 68.4 Å². The van der Waals surface area contributed by atoms with Gasteiger partial charge in [-0.3, -0.25) is 24.1 Å². The van der Waals surface area contributed by atoms with E-state index in [1.807, 2.05) is 90.1 Å². The highest BCUT2D eigenvalue weighted by molar-refractivity contribution is 5.94. The molecule has 11 nitrogen and oxygen atoms in total. The van der Waals surface area contributed by atoms with Crippen molar-refractivity contribution in [2.75, 3.05) is 35.3 Å². The predicted octanol–water partition coefficient (Wildman–Crippen LogP) is 5.98. The molecule has 0 spiro atoms. The van der Waals surface area contributed by atoms with E-state index in [2.05, 4.69) is 0 Å².